The molecule has 0 radical (unpaired) electrons. The van der Waals surface area contributed by atoms with Gasteiger partial charge in [0.1, 0.15) is 0 Å². The quantitative estimate of drug-likeness (QED) is 0.809. The van der Waals surface area contributed by atoms with Crippen molar-refractivity contribution in [3.63, 3.8) is 0 Å². The molecule has 1 aromatic rings. The molecule has 1 atom stereocenters. The molecule has 1 aliphatic rings. The largest absolute Gasteiger partial charge is 0.396 e. The lowest BCUT2D eigenvalue weighted by Crippen LogP contribution is -2.28. The van der Waals surface area contributed by atoms with Crippen LogP contribution in [0.1, 0.15) is 31.7 Å². The lowest BCUT2D eigenvalue weighted by atomic mass is 10.1. The van der Waals surface area contributed by atoms with Gasteiger partial charge in [0.2, 0.25) is 0 Å². The molecule has 1 saturated heterocycles. The summed E-state index contributed by atoms with van der Waals surface area (Å²) in [5, 5.41) is 12.4. The van der Waals surface area contributed by atoms with E-state index < -0.39 is 0 Å². The van der Waals surface area contributed by atoms with Crippen molar-refractivity contribution in [3.05, 3.63) is 29.8 Å². The molecule has 1 heterocycles. The van der Waals surface area contributed by atoms with Crippen molar-refractivity contribution in [2.24, 2.45) is 0 Å². The average molecular weight is 248 g/mol. The lowest BCUT2D eigenvalue weighted by Gasteiger charge is -2.22. The first kappa shape index (κ1) is 13.4. The highest BCUT2D eigenvalue weighted by atomic mass is 16.3. The van der Waals surface area contributed by atoms with Crippen LogP contribution in [0.3, 0.4) is 0 Å². The molecule has 3 nitrogen and oxygen atoms in total. The molecule has 0 spiro atoms. The molecule has 0 bridgehead atoms. The van der Waals surface area contributed by atoms with E-state index >= 15 is 0 Å². The van der Waals surface area contributed by atoms with Gasteiger partial charge in [0.25, 0.3) is 0 Å². The van der Waals surface area contributed by atoms with E-state index in [1.54, 1.807) is 0 Å². The number of aliphatic hydroxyl groups is 1. The van der Waals surface area contributed by atoms with Gasteiger partial charge in [0.05, 0.1) is 0 Å². The molecule has 2 N–H and O–H groups in total. The monoisotopic (exact) mass is 248 g/mol. The van der Waals surface area contributed by atoms with Gasteiger partial charge in [-0.15, -0.1) is 0 Å². The van der Waals surface area contributed by atoms with E-state index in [1.165, 1.54) is 37.2 Å². The predicted molar refractivity (Wildman–Crippen MR) is 75.9 cm³/mol. The van der Waals surface area contributed by atoms with Gasteiger partial charge in [-0.2, -0.15) is 0 Å². The number of anilines is 1. The van der Waals surface area contributed by atoms with Gasteiger partial charge in [0, 0.05) is 38.0 Å². The molecular weight excluding hydrogens is 224 g/mol. The molecule has 1 fully saturated rings. The van der Waals surface area contributed by atoms with E-state index in [0.717, 1.165) is 13.0 Å². The fourth-order valence-corrected chi connectivity index (χ4v) is 2.51. The van der Waals surface area contributed by atoms with Crippen LogP contribution in [0, 0.1) is 0 Å². The van der Waals surface area contributed by atoms with E-state index in [0.29, 0.717) is 6.04 Å². The third-order valence-corrected chi connectivity index (χ3v) is 3.64. The number of hydrogen-bond acceptors (Lipinski definition) is 3. The van der Waals surface area contributed by atoms with Crippen molar-refractivity contribution in [3.8, 4) is 0 Å². The van der Waals surface area contributed by atoms with Crippen molar-refractivity contribution < 1.29 is 5.11 Å². The summed E-state index contributed by atoms with van der Waals surface area (Å²) in [5.74, 6) is 0. The van der Waals surface area contributed by atoms with Crippen molar-refractivity contribution in [2.45, 2.75) is 38.8 Å². The van der Waals surface area contributed by atoms with Crippen LogP contribution in [0.15, 0.2) is 24.3 Å². The first-order chi connectivity index (χ1) is 8.81. The maximum atomic E-state index is 8.91. The number of para-hydroxylation sites is 1. The third kappa shape index (κ3) is 3.47. The third-order valence-electron chi connectivity index (χ3n) is 3.64. The summed E-state index contributed by atoms with van der Waals surface area (Å²) in [4.78, 5) is 2.48. The Kier molecular flexibility index (Phi) is 5.02. The van der Waals surface area contributed by atoms with E-state index in [9.17, 15) is 0 Å². The number of hydrogen-bond donors (Lipinski definition) is 2. The fourth-order valence-electron chi connectivity index (χ4n) is 2.51. The van der Waals surface area contributed by atoms with Gasteiger partial charge in [-0.1, -0.05) is 18.2 Å². The smallest absolute Gasteiger partial charge is 0.0445 e. The Morgan fingerprint density at radius 1 is 1.28 bits per heavy atom. The summed E-state index contributed by atoms with van der Waals surface area (Å²) in [5.41, 5.74) is 2.74. The van der Waals surface area contributed by atoms with Crippen LogP contribution in [0.2, 0.25) is 0 Å². The van der Waals surface area contributed by atoms with E-state index in [-0.39, 0.29) is 6.61 Å². The summed E-state index contributed by atoms with van der Waals surface area (Å²) in [6.45, 7) is 5.62. The van der Waals surface area contributed by atoms with Gasteiger partial charge in [0.15, 0.2) is 0 Å². The molecule has 18 heavy (non-hydrogen) atoms. The molecule has 2 rings (SSSR count). The molecule has 100 valence electrons. The SMILES string of the molecule is CC(CCO)NCc1ccccc1N1CCCC1. The van der Waals surface area contributed by atoms with Crippen molar-refractivity contribution in [1.29, 1.82) is 0 Å². The second-order valence-electron chi connectivity index (χ2n) is 5.12. The Balaban J connectivity index is 1.98. The van der Waals surface area contributed by atoms with Gasteiger partial charge in [-0.05, 0) is 37.8 Å². The second-order valence-corrected chi connectivity index (χ2v) is 5.12. The minimum Gasteiger partial charge on any atom is -0.396 e. The first-order valence-electron chi connectivity index (χ1n) is 6.98. The summed E-state index contributed by atoms with van der Waals surface area (Å²) < 4.78 is 0. The predicted octanol–water partition coefficient (Wildman–Crippen LogP) is 2.15. The maximum Gasteiger partial charge on any atom is 0.0445 e. The molecule has 0 aromatic heterocycles. The Hall–Kier alpha value is -1.06. The van der Waals surface area contributed by atoms with Crippen molar-refractivity contribution in [1.82, 2.24) is 5.32 Å². The zero-order chi connectivity index (χ0) is 12.8. The average Bonchev–Trinajstić information content (AvgIpc) is 2.91. The van der Waals surface area contributed by atoms with Crippen LogP contribution in [0.25, 0.3) is 0 Å². The van der Waals surface area contributed by atoms with Crippen LogP contribution >= 0.6 is 0 Å². The van der Waals surface area contributed by atoms with E-state index in [2.05, 4.69) is 41.4 Å². The second kappa shape index (κ2) is 6.76. The van der Waals surface area contributed by atoms with Crippen LogP contribution in [-0.4, -0.2) is 30.8 Å². The van der Waals surface area contributed by atoms with Crippen LogP contribution in [0.5, 0.6) is 0 Å². The van der Waals surface area contributed by atoms with Gasteiger partial charge in [-0.3, -0.25) is 0 Å². The van der Waals surface area contributed by atoms with Gasteiger partial charge < -0.3 is 15.3 Å². The number of rotatable bonds is 6. The Morgan fingerprint density at radius 3 is 2.72 bits per heavy atom. The maximum absolute atomic E-state index is 8.91. The highest BCUT2D eigenvalue weighted by Crippen LogP contribution is 2.24. The van der Waals surface area contributed by atoms with E-state index in [4.69, 9.17) is 5.11 Å². The van der Waals surface area contributed by atoms with Crippen LogP contribution in [0.4, 0.5) is 5.69 Å². The minimum absolute atomic E-state index is 0.252. The van der Waals surface area contributed by atoms with E-state index in [1.807, 2.05) is 0 Å². The summed E-state index contributed by atoms with van der Waals surface area (Å²) in [6, 6.07) is 9.01. The molecule has 1 unspecified atom stereocenters. The topological polar surface area (TPSA) is 35.5 Å². The zero-order valence-corrected chi connectivity index (χ0v) is 11.2. The first-order valence-corrected chi connectivity index (χ1v) is 6.98. The Morgan fingerprint density at radius 2 is 2.00 bits per heavy atom. The Labute approximate surface area is 110 Å². The summed E-state index contributed by atoms with van der Waals surface area (Å²) in [7, 11) is 0. The van der Waals surface area contributed by atoms with Gasteiger partial charge in [-0.25, -0.2) is 0 Å². The standard InChI is InChI=1S/C15H24N2O/c1-13(8-11-18)16-12-14-6-2-3-7-15(14)17-9-4-5-10-17/h2-3,6-7,13,16,18H,4-5,8-12H2,1H3. The lowest BCUT2D eigenvalue weighted by molar-refractivity contribution is 0.268. The summed E-state index contributed by atoms with van der Waals surface area (Å²) >= 11 is 0. The molecule has 0 saturated carbocycles. The highest BCUT2D eigenvalue weighted by Gasteiger charge is 2.15. The normalized spacial score (nSPS) is 17.1. The van der Waals surface area contributed by atoms with Crippen molar-refractivity contribution in [2.75, 3.05) is 24.6 Å². The molecule has 1 aliphatic heterocycles. The number of nitrogens with zero attached hydrogens (tertiary/aromatic N) is 1. The van der Waals surface area contributed by atoms with Crippen LogP contribution in [-0.2, 0) is 6.54 Å². The number of benzene rings is 1. The molecular formula is C15H24N2O. The highest BCUT2D eigenvalue weighted by molar-refractivity contribution is 5.54. The summed E-state index contributed by atoms with van der Waals surface area (Å²) in [6.07, 6.45) is 3.43. The molecule has 0 aliphatic carbocycles. The number of aliphatic hydroxyl groups excluding tert-OH is 1. The molecule has 3 heteroatoms. The molecule has 0 amide bonds. The molecule has 1 aromatic carbocycles. The fraction of sp³-hybridized carbons (Fsp3) is 0.600. The number of nitrogens with one attached hydrogen (secondary N) is 1. The minimum atomic E-state index is 0.252. The Bertz CT molecular complexity index is 361. The van der Waals surface area contributed by atoms with Crippen molar-refractivity contribution >= 4 is 5.69 Å². The van der Waals surface area contributed by atoms with Gasteiger partial charge >= 0.3 is 0 Å². The van der Waals surface area contributed by atoms with Crippen LogP contribution < -0.4 is 10.2 Å². The zero-order valence-electron chi connectivity index (χ0n) is 11.2.